The first kappa shape index (κ1) is 15.1. The molecular formula is C11H16N2O4. The lowest BCUT2D eigenvalue weighted by Gasteiger charge is -2.24. The minimum Gasteiger partial charge on any atom is -0.481 e. The number of nitrogens with two attached hydrogens (primary N) is 1. The molecule has 0 fully saturated rings. The summed E-state index contributed by atoms with van der Waals surface area (Å²) in [6.45, 7) is 0. The second-order valence-corrected chi connectivity index (χ2v) is 3.48. The lowest BCUT2D eigenvalue weighted by Crippen LogP contribution is -2.41. The Hall–Kier alpha value is -1.92. The van der Waals surface area contributed by atoms with Crippen molar-refractivity contribution < 1.29 is 19.8 Å². The molecule has 0 saturated carbocycles. The van der Waals surface area contributed by atoms with E-state index in [9.17, 15) is 14.7 Å². The van der Waals surface area contributed by atoms with E-state index < -0.39 is 17.5 Å². The SMILES string of the molecule is N.NC(=O)C(O)(CCC(=O)O)c1ccccc1. The van der Waals surface area contributed by atoms with Gasteiger partial charge in [-0.05, 0) is 12.0 Å². The predicted molar refractivity (Wildman–Crippen MR) is 61.4 cm³/mol. The molecule has 0 spiro atoms. The van der Waals surface area contributed by atoms with Crippen molar-refractivity contribution in [2.75, 3.05) is 0 Å². The third kappa shape index (κ3) is 3.54. The molecule has 17 heavy (non-hydrogen) atoms. The van der Waals surface area contributed by atoms with Gasteiger partial charge in [0.2, 0.25) is 0 Å². The number of carbonyl (C=O) groups excluding carboxylic acids is 1. The van der Waals surface area contributed by atoms with Gasteiger partial charge in [0.25, 0.3) is 5.91 Å². The third-order valence-electron chi connectivity index (χ3n) is 2.36. The standard InChI is InChI=1S/C11H13NO4.H3N/c12-10(15)11(16,7-6-9(13)14)8-4-2-1-3-5-8;/h1-5,16H,6-7H2,(H2,12,15)(H,13,14);1H3. The number of carboxylic acid groups (broad SMARTS) is 1. The van der Waals surface area contributed by atoms with Crippen LogP contribution in [0.2, 0.25) is 0 Å². The molecule has 1 amide bonds. The molecule has 1 aromatic rings. The first-order valence-electron chi connectivity index (χ1n) is 4.76. The Labute approximate surface area is 98.6 Å². The van der Waals surface area contributed by atoms with Gasteiger partial charge < -0.3 is 22.1 Å². The minimum atomic E-state index is -1.92. The van der Waals surface area contributed by atoms with Crippen molar-refractivity contribution in [2.45, 2.75) is 18.4 Å². The Bertz CT molecular complexity index is 394. The summed E-state index contributed by atoms with van der Waals surface area (Å²) in [6, 6.07) is 8.08. The highest BCUT2D eigenvalue weighted by atomic mass is 16.4. The summed E-state index contributed by atoms with van der Waals surface area (Å²) in [5, 5.41) is 18.6. The Morgan fingerprint density at radius 2 is 1.76 bits per heavy atom. The van der Waals surface area contributed by atoms with Crippen molar-refractivity contribution in [1.82, 2.24) is 6.15 Å². The average Bonchev–Trinajstić information content (AvgIpc) is 2.26. The van der Waals surface area contributed by atoms with E-state index in [2.05, 4.69) is 0 Å². The number of hydrogen-bond donors (Lipinski definition) is 4. The molecule has 0 aliphatic rings. The quantitative estimate of drug-likeness (QED) is 0.590. The molecular weight excluding hydrogens is 224 g/mol. The fourth-order valence-electron chi connectivity index (χ4n) is 1.41. The summed E-state index contributed by atoms with van der Waals surface area (Å²) in [5.41, 5.74) is 3.50. The van der Waals surface area contributed by atoms with Gasteiger partial charge in [-0.1, -0.05) is 30.3 Å². The van der Waals surface area contributed by atoms with Crippen LogP contribution in [0.5, 0.6) is 0 Å². The molecule has 7 N–H and O–H groups in total. The van der Waals surface area contributed by atoms with Crippen molar-refractivity contribution in [3.8, 4) is 0 Å². The second kappa shape index (κ2) is 5.97. The Morgan fingerprint density at radius 3 is 2.18 bits per heavy atom. The highest BCUT2D eigenvalue weighted by Crippen LogP contribution is 2.25. The Balaban J connectivity index is 0.00000256. The summed E-state index contributed by atoms with van der Waals surface area (Å²) in [7, 11) is 0. The predicted octanol–water partition coefficient (Wildman–Crippen LogP) is 0.386. The molecule has 94 valence electrons. The van der Waals surface area contributed by atoms with Crippen molar-refractivity contribution in [3.63, 3.8) is 0 Å². The van der Waals surface area contributed by atoms with Gasteiger partial charge >= 0.3 is 5.97 Å². The molecule has 1 atom stereocenters. The van der Waals surface area contributed by atoms with Crippen LogP contribution in [0.1, 0.15) is 18.4 Å². The minimum absolute atomic E-state index is 0. The van der Waals surface area contributed by atoms with E-state index in [-0.39, 0.29) is 19.0 Å². The molecule has 0 aliphatic carbocycles. The molecule has 0 aliphatic heterocycles. The normalized spacial score (nSPS) is 13.2. The highest BCUT2D eigenvalue weighted by molar-refractivity contribution is 5.85. The largest absolute Gasteiger partial charge is 0.481 e. The molecule has 6 heteroatoms. The molecule has 1 aromatic carbocycles. The smallest absolute Gasteiger partial charge is 0.303 e. The van der Waals surface area contributed by atoms with Crippen LogP contribution in [0.4, 0.5) is 0 Å². The number of amides is 1. The van der Waals surface area contributed by atoms with E-state index in [1.165, 1.54) is 12.1 Å². The van der Waals surface area contributed by atoms with E-state index in [1.54, 1.807) is 18.2 Å². The van der Waals surface area contributed by atoms with E-state index in [4.69, 9.17) is 10.8 Å². The summed E-state index contributed by atoms with van der Waals surface area (Å²) >= 11 is 0. The molecule has 0 bridgehead atoms. The number of aliphatic hydroxyl groups is 1. The van der Waals surface area contributed by atoms with E-state index in [0.717, 1.165) is 0 Å². The Morgan fingerprint density at radius 1 is 1.24 bits per heavy atom. The Kier molecular flexibility index (Phi) is 5.30. The van der Waals surface area contributed by atoms with Gasteiger partial charge in [0, 0.05) is 6.42 Å². The summed E-state index contributed by atoms with van der Waals surface area (Å²) in [5.74, 6) is -2.03. The fraction of sp³-hybridized carbons (Fsp3) is 0.273. The molecule has 6 nitrogen and oxygen atoms in total. The van der Waals surface area contributed by atoms with Gasteiger partial charge in [0.05, 0.1) is 0 Å². The van der Waals surface area contributed by atoms with Crippen LogP contribution >= 0.6 is 0 Å². The number of carbonyl (C=O) groups is 2. The van der Waals surface area contributed by atoms with Crippen molar-refractivity contribution in [1.29, 1.82) is 0 Å². The van der Waals surface area contributed by atoms with Crippen LogP contribution in [-0.4, -0.2) is 22.1 Å². The van der Waals surface area contributed by atoms with E-state index in [1.807, 2.05) is 0 Å². The average molecular weight is 240 g/mol. The highest BCUT2D eigenvalue weighted by Gasteiger charge is 2.36. The summed E-state index contributed by atoms with van der Waals surface area (Å²) in [4.78, 5) is 21.7. The van der Waals surface area contributed by atoms with Gasteiger partial charge in [-0.25, -0.2) is 0 Å². The van der Waals surface area contributed by atoms with E-state index in [0.29, 0.717) is 5.56 Å². The van der Waals surface area contributed by atoms with Crippen molar-refractivity contribution >= 4 is 11.9 Å². The second-order valence-electron chi connectivity index (χ2n) is 3.48. The molecule has 0 radical (unpaired) electrons. The van der Waals surface area contributed by atoms with Crippen molar-refractivity contribution in [3.05, 3.63) is 35.9 Å². The van der Waals surface area contributed by atoms with Crippen LogP contribution in [-0.2, 0) is 15.2 Å². The topological polar surface area (TPSA) is 136 Å². The monoisotopic (exact) mass is 240 g/mol. The molecule has 0 heterocycles. The number of benzene rings is 1. The van der Waals surface area contributed by atoms with Crippen molar-refractivity contribution in [2.24, 2.45) is 5.73 Å². The van der Waals surface area contributed by atoms with Gasteiger partial charge in [-0.2, -0.15) is 0 Å². The number of aliphatic carboxylic acids is 1. The number of primary amides is 1. The molecule has 1 rings (SSSR count). The van der Waals surface area contributed by atoms with Crippen LogP contribution in [0.25, 0.3) is 0 Å². The molecule has 1 unspecified atom stereocenters. The van der Waals surface area contributed by atoms with Crippen LogP contribution in [0.15, 0.2) is 30.3 Å². The van der Waals surface area contributed by atoms with Gasteiger partial charge in [0.15, 0.2) is 5.60 Å². The van der Waals surface area contributed by atoms with Crippen LogP contribution in [0.3, 0.4) is 0 Å². The molecule has 0 aromatic heterocycles. The lowest BCUT2D eigenvalue weighted by molar-refractivity contribution is -0.143. The van der Waals surface area contributed by atoms with Crippen LogP contribution in [0, 0.1) is 0 Å². The summed E-state index contributed by atoms with van der Waals surface area (Å²) in [6.07, 6.45) is -0.560. The number of hydrogen-bond acceptors (Lipinski definition) is 4. The zero-order chi connectivity index (χ0) is 12.2. The zero-order valence-electron chi connectivity index (χ0n) is 9.30. The first-order valence-corrected chi connectivity index (χ1v) is 4.76. The lowest BCUT2D eigenvalue weighted by atomic mass is 9.88. The van der Waals surface area contributed by atoms with Gasteiger partial charge in [-0.3, -0.25) is 9.59 Å². The zero-order valence-corrected chi connectivity index (χ0v) is 9.30. The number of rotatable bonds is 5. The number of carboxylic acids is 1. The maximum atomic E-state index is 11.2. The van der Waals surface area contributed by atoms with E-state index >= 15 is 0 Å². The third-order valence-corrected chi connectivity index (χ3v) is 2.36. The maximum Gasteiger partial charge on any atom is 0.303 e. The molecule has 0 saturated heterocycles. The first-order chi connectivity index (χ1) is 7.47. The van der Waals surface area contributed by atoms with Crippen LogP contribution < -0.4 is 11.9 Å². The fourth-order valence-corrected chi connectivity index (χ4v) is 1.41. The summed E-state index contributed by atoms with van der Waals surface area (Å²) < 4.78 is 0. The maximum absolute atomic E-state index is 11.2. The van der Waals surface area contributed by atoms with Gasteiger partial charge in [0.1, 0.15) is 0 Å². The van der Waals surface area contributed by atoms with Gasteiger partial charge in [-0.15, -0.1) is 0 Å².